The number of hydrogen-bond donors (Lipinski definition) is 0. The summed E-state index contributed by atoms with van der Waals surface area (Å²) >= 11 is 0. The molecule has 0 bridgehead atoms. The van der Waals surface area contributed by atoms with Crippen molar-refractivity contribution in [2.75, 3.05) is 0 Å². The Labute approximate surface area is 106 Å². The van der Waals surface area contributed by atoms with E-state index in [1.54, 1.807) is 0 Å². The van der Waals surface area contributed by atoms with Crippen molar-refractivity contribution < 1.29 is 22.0 Å². The van der Waals surface area contributed by atoms with Crippen LogP contribution in [0.15, 0.2) is 42.5 Å². The van der Waals surface area contributed by atoms with Gasteiger partial charge in [0.05, 0.1) is 5.56 Å². The van der Waals surface area contributed by atoms with Crippen LogP contribution in [0.25, 0.3) is 0 Å². The lowest BCUT2D eigenvalue weighted by Crippen LogP contribution is -2.06. The second-order valence-electron chi connectivity index (χ2n) is 4.08. The summed E-state index contributed by atoms with van der Waals surface area (Å²) < 4.78 is 64.4. The Morgan fingerprint density at radius 3 is 2.00 bits per heavy atom. The molecule has 0 nitrogen and oxygen atoms in total. The zero-order chi connectivity index (χ0) is 14.0. The fourth-order valence-electron chi connectivity index (χ4n) is 1.76. The largest absolute Gasteiger partial charge is 0.416 e. The van der Waals surface area contributed by atoms with E-state index >= 15 is 0 Å². The summed E-state index contributed by atoms with van der Waals surface area (Å²) in [5.41, 5.74) is -0.859. The topological polar surface area (TPSA) is 0 Å². The van der Waals surface area contributed by atoms with Crippen LogP contribution in [0.2, 0.25) is 0 Å². The quantitative estimate of drug-likeness (QED) is 0.702. The lowest BCUT2D eigenvalue weighted by atomic mass is 10.0. The van der Waals surface area contributed by atoms with Crippen molar-refractivity contribution in [1.82, 2.24) is 0 Å². The molecule has 0 aromatic heterocycles. The molecule has 0 atom stereocenters. The standard InChI is InChI=1S/C14H9F5/c15-12-5-2-6-13(16)11(12)8-9-3-1-4-10(7-9)14(17,18)19/h1-7H,8H2. The van der Waals surface area contributed by atoms with Crippen LogP contribution in [0, 0.1) is 11.6 Å². The first-order valence-corrected chi connectivity index (χ1v) is 5.47. The van der Waals surface area contributed by atoms with Crippen LogP contribution >= 0.6 is 0 Å². The number of benzene rings is 2. The molecule has 2 aromatic carbocycles. The Morgan fingerprint density at radius 2 is 1.42 bits per heavy atom. The molecule has 0 N–H and O–H groups in total. The Balaban J connectivity index is 2.34. The van der Waals surface area contributed by atoms with Crippen LogP contribution in [0.3, 0.4) is 0 Å². The van der Waals surface area contributed by atoms with Gasteiger partial charge in [0.15, 0.2) is 0 Å². The third-order valence-corrected chi connectivity index (χ3v) is 2.70. The Hall–Kier alpha value is -1.91. The molecule has 0 aliphatic carbocycles. The fraction of sp³-hybridized carbons (Fsp3) is 0.143. The highest BCUT2D eigenvalue weighted by molar-refractivity contribution is 5.32. The maximum atomic E-state index is 13.4. The van der Waals surface area contributed by atoms with E-state index in [0.717, 1.165) is 24.3 Å². The zero-order valence-corrected chi connectivity index (χ0v) is 9.64. The van der Waals surface area contributed by atoms with Gasteiger partial charge >= 0.3 is 6.18 Å². The minimum atomic E-state index is -4.47. The molecule has 0 fully saturated rings. The predicted octanol–water partition coefficient (Wildman–Crippen LogP) is 4.57. The van der Waals surface area contributed by atoms with Crippen molar-refractivity contribution in [2.24, 2.45) is 0 Å². The van der Waals surface area contributed by atoms with Gasteiger partial charge in [0.25, 0.3) is 0 Å². The van der Waals surface area contributed by atoms with Gasteiger partial charge in [-0.1, -0.05) is 24.3 Å². The maximum Gasteiger partial charge on any atom is 0.416 e. The van der Waals surface area contributed by atoms with E-state index in [2.05, 4.69) is 0 Å². The smallest absolute Gasteiger partial charge is 0.207 e. The molecule has 19 heavy (non-hydrogen) atoms. The van der Waals surface area contributed by atoms with Crippen LogP contribution in [-0.4, -0.2) is 0 Å². The molecule has 2 aromatic rings. The van der Waals surface area contributed by atoms with Gasteiger partial charge in [-0.25, -0.2) is 8.78 Å². The lowest BCUT2D eigenvalue weighted by Gasteiger charge is -2.09. The third kappa shape index (κ3) is 3.10. The molecule has 0 aliphatic rings. The fourth-order valence-corrected chi connectivity index (χ4v) is 1.76. The van der Waals surface area contributed by atoms with Crippen LogP contribution < -0.4 is 0 Å². The highest BCUT2D eigenvalue weighted by Crippen LogP contribution is 2.30. The summed E-state index contributed by atoms with van der Waals surface area (Å²) in [6.07, 6.45) is -4.69. The first kappa shape index (κ1) is 13.5. The van der Waals surface area contributed by atoms with Crippen molar-refractivity contribution in [2.45, 2.75) is 12.6 Å². The van der Waals surface area contributed by atoms with Crippen LogP contribution in [0.4, 0.5) is 22.0 Å². The molecule has 0 aliphatic heterocycles. The van der Waals surface area contributed by atoms with E-state index in [9.17, 15) is 22.0 Å². The van der Waals surface area contributed by atoms with E-state index in [0.29, 0.717) is 0 Å². The number of hydrogen-bond acceptors (Lipinski definition) is 0. The second-order valence-corrected chi connectivity index (χ2v) is 4.08. The molecule has 2 rings (SSSR count). The SMILES string of the molecule is Fc1cccc(F)c1Cc1cccc(C(F)(F)F)c1. The molecular weight excluding hydrogens is 263 g/mol. The summed E-state index contributed by atoms with van der Waals surface area (Å²) in [4.78, 5) is 0. The van der Waals surface area contributed by atoms with Crippen LogP contribution in [0.5, 0.6) is 0 Å². The minimum Gasteiger partial charge on any atom is -0.207 e. The molecule has 0 unspecified atom stereocenters. The summed E-state index contributed by atoms with van der Waals surface area (Å²) in [6.45, 7) is 0. The molecule has 0 saturated heterocycles. The van der Waals surface area contributed by atoms with Crippen molar-refractivity contribution in [3.05, 3.63) is 70.8 Å². The van der Waals surface area contributed by atoms with E-state index in [1.807, 2.05) is 0 Å². The van der Waals surface area contributed by atoms with Crippen LogP contribution in [-0.2, 0) is 12.6 Å². The molecule has 0 heterocycles. The Kier molecular flexibility index (Phi) is 3.55. The highest BCUT2D eigenvalue weighted by Gasteiger charge is 2.30. The average Bonchev–Trinajstić information content (AvgIpc) is 2.33. The number of halogens is 5. The van der Waals surface area contributed by atoms with E-state index in [1.165, 1.54) is 18.2 Å². The monoisotopic (exact) mass is 272 g/mol. The van der Waals surface area contributed by atoms with Gasteiger partial charge < -0.3 is 0 Å². The van der Waals surface area contributed by atoms with Gasteiger partial charge in [0.2, 0.25) is 0 Å². The zero-order valence-electron chi connectivity index (χ0n) is 9.64. The minimum absolute atomic E-state index is 0.207. The van der Waals surface area contributed by atoms with Gasteiger partial charge in [-0.2, -0.15) is 13.2 Å². The van der Waals surface area contributed by atoms with E-state index in [4.69, 9.17) is 0 Å². The van der Waals surface area contributed by atoms with Gasteiger partial charge in [0, 0.05) is 12.0 Å². The Morgan fingerprint density at radius 1 is 0.842 bits per heavy atom. The van der Waals surface area contributed by atoms with E-state index < -0.39 is 23.4 Å². The summed E-state index contributed by atoms with van der Waals surface area (Å²) in [5, 5.41) is 0. The van der Waals surface area contributed by atoms with Crippen molar-refractivity contribution in [1.29, 1.82) is 0 Å². The highest BCUT2D eigenvalue weighted by atomic mass is 19.4. The first-order chi connectivity index (χ1) is 8.88. The van der Waals surface area contributed by atoms with Crippen molar-refractivity contribution in [3.8, 4) is 0 Å². The van der Waals surface area contributed by atoms with E-state index in [-0.39, 0.29) is 17.5 Å². The van der Waals surface area contributed by atoms with Gasteiger partial charge in [-0.3, -0.25) is 0 Å². The second kappa shape index (κ2) is 4.99. The van der Waals surface area contributed by atoms with Gasteiger partial charge in [-0.15, -0.1) is 0 Å². The molecule has 5 heteroatoms. The molecule has 0 radical (unpaired) electrons. The average molecular weight is 272 g/mol. The normalized spacial score (nSPS) is 11.6. The Bertz CT molecular complexity index is 566. The molecule has 0 amide bonds. The lowest BCUT2D eigenvalue weighted by molar-refractivity contribution is -0.137. The number of alkyl halides is 3. The van der Waals surface area contributed by atoms with Gasteiger partial charge in [0.1, 0.15) is 11.6 Å². The van der Waals surface area contributed by atoms with Crippen LogP contribution in [0.1, 0.15) is 16.7 Å². The number of rotatable bonds is 2. The summed E-state index contributed by atoms with van der Waals surface area (Å²) in [6, 6.07) is 7.80. The molecule has 0 spiro atoms. The predicted molar refractivity (Wildman–Crippen MR) is 60.6 cm³/mol. The summed E-state index contributed by atoms with van der Waals surface area (Å²) in [7, 11) is 0. The molecule has 100 valence electrons. The van der Waals surface area contributed by atoms with Crippen molar-refractivity contribution in [3.63, 3.8) is 0 Å². The first-order valence-electron chi connectivity index (χ1n) is 5.47. The maximum absolute atomic E-state index is 13.4. The molecule has 0 saturated carbocycles. The van der Waals surface area contributed by atoms with Crippen molar-refractivity contribution >= 4 is 0 Å². The third-order valence-electron chi connectivity index (χ3n) is 2.70. The molecular formula is C14H9F5. The summed E-state index contributed by atoms with van der Waals surface area (Å²) in [5.74, 6) is -1.53. The van der Waals surface area contributed by atoms with Gasteiger partial charge in [-0.05, 0) is 23.8 Å².